The molecule has 2 unspecified atom stereocenters. The lowest BCUT2D eigenvalue weighted by Crippen LogP contribution is -2.54. The van der Waals surface area contributed by atoms with Gasteiger partial charge in [-0.15, -0.1) is 0 Å². The van der Waals surface area contributed by atoms with Crippen molar-refractivity contribution in [3.8, 4) is 17.0 Å². The number of aliphatic imine (C=N–C) groups is 1. The molecule has 1 aliphatic heterocycles. The fourth-order valence-electron chi connectivity index (χ4n) is 3.98. The Balaban J connectivity index is 1.76. The lowest BCUT2D eigenvalue weighted by molar-refractivity contribution is 0.407. The van der Waals surface area contributed by atoms with Crippen LogP contribution in [0.15, 0.2) is 35.5 Å². The average Bonchev–Trinajstić information content (AvgIpc) is 2.69. The SMILES string of the molecule is CN=Cc1cc(-c2cc(Cl)c3cc(N4CC(C)NC(C)C4)cnc3n2)c(O)cc1N. The maximum atomic E-state index is 10.4. The highest BCUT2D eigenvalue weighted by Crippen LogP contribution is 2.35. The van der Waals surface area contributed by atoms with E-state index in [9.17, 15) is 5.11 Å². The molecule has 156 valence electrons. The van der Waals surface area contributed by atoms with Gasteiger partial charge < -0.3 is 21.1 Å². The summed E-state index contributed by atoms with van der Waals surface area (Å²) in [6.45, 7) is 6.16. The fraction of sp³-hybridized carbons (Fsp3) is 0.318. The van der Waals surface area contributed by atoms with Crippen LogP contribution in [-0.2, 0) is 0 Å². The van der Waals surface area contributed by atoms with Crippen molar-refractivity contribution in [1.82, 2.24) is 15.3 Å². The van der Waals surface area contributed by atoms with Gasteiger partial charge in [-0.1, -0.05) is 11.6 Å². The predicted molar refractivity (Wildman–Crippen MR) is 124 cm³/mol. The molecule has 0 spiro atoms. The van der Waals surface area contributed by atoms with Gasteiger partial charge in [0, 0.05) is 66.7 Å². The fourth-order valence-corrected chi connectivity index (χ4v) is 4.22. The minimum absolute atomic E-state index is 0.0316. The van der Waals surface area contributed by atoms with Crippen LogP contribution in [-0.4, -0.2) is 53.5 Å². The van der Waals surface area contributed by atoms with E-state index in [0.29, 0.717) is 45.3 Å². The van der Waals surface area contributed by atoms with Crippen LogP contribution in [0.5, 0.6) is 5.75 Å². The Kier molecular flexibility index (Phi) is 5.49. The molecule has 1 fully saturated rings. The molecule has 8 heteroatoms. The second kappa shape index (κ2) is 8.08. The first kappa shape index (κ1) is 20.4. The molecule has 1 saturated heterocycles. The third-order valence-corrected chi connectivity index (χ3v) is 5.58. The maximum absolute atomic E-state index is 10.4. The summed E-state index contributed by atoms with van der Waals surface area (Å²) in [6, 6.07) is 7.82. The van der Waals surface area contributed by atoms with Crippen LogP contribution < -0.4 is 16.0 Å². The van der Waals surface area contributed by atoms with Crippen LogP contribution in [0.1, 0.15) is 19.4 Å². The number of halogens is 1. The van der Waals surface area contributed by atoms with Crippen molar-refractivity contribution in [1.29, 1.82) is 0 Å². The predicted octanol–water partition coefficient (Wildman–Crippen LogP) is 3.47. The average molecular weight is 425 g/mol. The molecule has 0 saturated carbocycles. The number of nitrogens with one attached hydrogen (secondary N) is 1. The number of piperazine rings is 1. The van der Waals surface area contributed by atoms with Crippen molar-refractivity contribution in [3.05, 3.63) is 41.0 Å². The smallest absolute Gasteiger partial charge is 0.161 e. The van der Waals surface area contributed by atoms with Crippen LogP contribution in [0.2, 0.25) is 5.02 Å². The molecule has 3 aromatic rings. The maximum Gasteiger partial charge on any atom is 0.161 e. The number of pyridine rings is 2. The number of aromatic nitrogens is 2. The van der Waals surface area contributed by atoms with Gasteiger partial charge >= 0.3 is 0 Å². The Hall–Kier alpha value is -2.90. The first-order valence-electron chi connectivity index (χ1n) is 9.88. The lowest BCUT2D eigenvalue weighted by Gasteiger charge is -2.37. The van der Waals surface area contributed by atoms with E-state index in [1.807, 2.05) is 12.3 Å². The Bertz CT molecular complexity index is 1120. The number of aromatic hydroxyl groups is 1. The van der Waals surface area contributed by atoms with Crippen LogP contribution in [0, 0.1) is 0 Å². The molecule has 0 amide bonds. The summed E-state index contributed by atoms with van der Waals surface area (Å²) >= 11 is 6.62. The largest absolute Gasteiger partial charge is 0.507 e. The van der Waals surface area contributed by atoms with Gasteiger partial charge in [0.1, 0.15) is 5.75 Å². The summed E-state index contributed by atoms with van der Waals surface area (Å²) < 4.78 is 0. The second-order valence-electron chi connectivity index (χ2n) is 7.81. The van der Waals surface area contributed by atoms with E-state index in [4.69, 9.17) is 17.3 Å². The third kappa shape index (κ3) is 3.91. The van der Waals surface area contributed by atoms with Crippen molar-refractivity contribution in [2.24, 2.45) is 4.99 Å². The zero-order valence-electron chi connectivity index (χ0n) is 17.2. The van der Waals surface area contributed by atoms with Crippen LogP contribution in [0.4, 0.5) is 11.4 Å². The Morgan fingerprint density at radius 1 is 1.23 bits per heavy atom. The van der Waals surface area contributed by atoms with Gasteiger partial charge in [0.15, 0.2) is 5.65 Å². The van der Waals surface area contributed by atoms with Crippen molar-refractivity contribution < 1.29 is 5.11 Å². The quantitative estimate of drug-likeness (QED) is 0.439. The molecule has 1 aromatic carbocycles. The first-order valence-corrected chi connectivity index (χ1v) is 10.3. The van der Waals surface area contributed by atoms with Crippen LogP contribution in [0.25, 0.3) is 22.3 Å². The summed E-state index contributed by atoms with van der Waals surface area (Å²) in [5.41, 5.74) is 9.71. The number of nitrogens with zero attached hydrogens (tertiary/aromatic N) is 4. The molecule has 0 radical (unpaired) electrons. The molecule has 0 bridgehead atoms. The van der Waals surface area contributed by atoms with E-state index < -0.39 is 0 Å². The van der Waals surface area contributed by atoms with Crippen molar-refractivity contribution in [2.45, 2.75) is 25.9 Å². The van der Waals surface area contributed by atoms with E-state index in [1.54, 1.807) is 25.4 Å². The molecule has 7 nitrogen and oxygen atoms in total. The number of rotatable bonds is 3. The van der Waals surface area contributed by atoms with Gasteiger partial charge in [-0.25, -0.2) is 9.97 Å². The highest BCUT2D eigenvalue weighted by atomic mass is 35.5. The van der Waals surface area contributed by atoms with Crippen LogP contribution in [0.3, 0.4) is 0 Å². The molecule has 2 atom stereocenters. The zero-order valence-corrected chi connectivity index (χ0v) is 18.0. The molecule has 1 aliphatic rings. The van der Waals surface area contributed by atoms with E-state index in [-0.39, 0.29) is 5.75 Å². The Labute approximate surface area is 180 Å². The number of phenols is 1. The van der Waals surface area contributed by atoms with Crippen molar-refractivity contribution in [3.63, 3.8) is 0 Å². The van der Waals surface area contributed by atoms with E-state index in [2.05, 4.69) is 39.0 Å². The van der Waals surface area contributed by atoms with Gasteiger partial charge in [0.2, 0.25) is 0 Å². The number of phenolic OH excluding ortho intramolecular Hbond substituents is 1. The van der Waals surface area contributed by atoms with Gasteiger partial charge in [0.05, 0.1) is 22.6 Å². The number of fused-ring (bicyclic) bond motifs is 1. The normalized spacial score (nSPS) is 19.7. The summed E-state index contributed by atoms with van der Waals surface area (Å²) in [7, 11) is 1.67. The van der Waals surface area contributed by atoms with Crippen LogP contribution >= 0.6 is 11.6 Å². The highest BCUT2D eigenvalue weighted by Gasteiger charge is 2.22. The molecule has 0 aliphatic carbocycles. The number of nitrogens with two attached hydrogens (primary N) is 1. The number of nitrogen functional groups attached to an aromatic ring is 1. The van der Waals surface area contributed by atoms with Gasteiger partial charge in [0.25, 0.3) is 0 Å². The standard InChI is InChI=1S/C22H25ClN6O/c1-12-10-29(11-13(2)27-12)15-5-16-18(23)6-20(28-22(16)26-9-15)17-4-14(8-25-3)19(24)7-21(17)30/h4-9,12-13,27,30H,10-11,24H2,1-3H3. The molecular formula is C22H25ClN6O. The monoisotopic (exact) mass is 424 g/mol. The lowest BCUT2D eigenvalue weighted by atomic mass is 10.0. The minimum atomic E-state index is 0.0316. The number of hydrogen-bond acceptors (Lipinski definition) is 7. The summed E-state index contributed by atoms with van der Waals surface area (Å²) in [5, 5.41) is 15.3. The Morgan fingerprint density at radius 2 is 1.97 bits per heavy atom. The van der Waals surface area contributed by atoms with E-state index in [0.717, 1.165) is 24.2 Å². The van der Waals surface area contributed by atoms with Crippen molar-refractivity contribution in [2.75, 3.05) is 30.8 Å². The minimum Gasteiger partial charge on any atom is -0.507 e. The van der Waals surface area contributed by atoms with E-state index >= 15 is 0 Å². The first-order chi connectivity index (χ1) is 14.4. The molecule has 2 aromatic heterocycles. The van der Waals surface area contributed by atoms with Gasteiger partial charge in [-0.3, -0.25) is 4.99 Å². The number of benzene rings is 1. The van der Waals surface area contributed by atoms with Gasteiger partial charge in [-0.2, -0.15) is 0 Å². The number of anilines is 2. The topological polar surface area (TPSA) is 99.7 Å². The summed E-state index contributed by atoms with van der Waals surface area (Å²) in [6.07, 6.45) is 3.47. The third-order valence-electron chi connectivity index (χ3n) is 5.27. The molecular weight excluding hydrogens is 400 g/mol. The van der Waals surface area contributed by atoms with E-state index in [1.165, 1.54) is 6.07 Å². The number of hydrogen-bond donors (Lipinski definition) is 3. The highest BCUT2D eigenvalue weighted by molar-refractivity contribution is 6.35. The second-order valence-corrected chi connectivity index (χ2v) is 8.22. The summed E-state index contributed by atoms with van der Waals surface area (Å²) in [5.74, 6) is 0.0316. The molecule has 4 rings (SSSR count). The molecule has 3 heterocycles. The van der Waals surface area contributed by atoms with Gasteiger partial charge in [-0.05, 0) is 32.0 Å². The molecule has 30 heavy (non-hydrogen) atoms. The zero-order chi connectivity index (χ0) is 21.4. The molecule has 4 N–H and O–H groups in total. The van der Waals surface area contributed by atoms with Crippen molar-refractivity contribution >= 4 is 40.2 Å². The Morgan fingerprint density at radius 3 is 2.67 bits per heavy atom. The summed E-state index contributed by atoms with van der Waals surface area (Å²) in [4.78, 5) is 15.5.